The molecule has 1 atom stereocenters. The molecule has 0 rings (SSSR count). The van der Waals surface area contributed by atoms with Crippen LogP contribution in [0.2, 0.25) is 0 Å². The molecule has 10 heavy (non-hydrogen) atoms. The third-order valence-electron chi connectivity index (χ3n) is 1.02. The van der Waals surface area contributed by atoms with Crippen molar-refractivity contribution < 1.29 is 14.6 Å². The van der Waals surface area contributed by atoms with Gasteiger partial charge in [-0.3, -0.25) is 0 Å². The number of aliphatic hydroxyl groups excluding tert-OH is 1. The zero-order valence-corrected chi connectivity index (χ0v) is 6.26. The molecule has 0 amide bonds. The van der Waals surface area contributed by atoms with Gasteiger partial charge < -0.3 is 9.84 Å². The Kier molecular flexibility index (Phi) is 3.72. The van der Waals surface area contributed by atoms with Gasteiger partial charge in [0, 0.05) is 6.42 Å². The zero-order chi connectivity index (χ0) is 8.15. The Morgan fingerprint density at radius 1 is 1.80 bits per heavy atom. The molecule has 58 valence electrons. The number of carbonyl (C=O) groups is 1. The number of hydrogen-bond acceptors (Lipinski definition) is 3. The Morgan fingerprint density at radius 2 is 2.30 bits per heavy atom. The first kappa shape index (κ1) is 9.17. The lowest BCUT2D eigenvalue weighted by atomic mass is 10.1. The standard InChI is InChI=1S/C7H12O3/c1-5(2)4-6(8)7(9)10-3/h6,8H,1,4H2,2-3H3. The van der Waals surface area contributed by atoms with E-state index in [-0.39, 0.29) is 6.42 Å². The second-order valence-corrected chi connectivity index (χ2v) is 2.20. The molecule has 0 aromatic heterocycles. The number of carbonyl (C=O) groups excluding carboxylic acids is 1. The summed E-state index contributed by atoms with van der Waals surface area (Å²) in [5, 5.41) is 8.95. The van der Waals surface area contributed by atoms with Gasteiger partial charge in [0.05, 0.1) is 7.11 Å². The molecule has 0 bridgehead atoms. The molecular formula is C7H12O3. The summed E-state index contributed by atoms with van der Waals surface area (Å²) in [6.07, 6.45) is -0.783. The van der Waals surface area contributed by atoms with Crippen LogP contribution in [-0.2, 0) is 9.53 Å². The van der Waals surface area contributed by atoms with E-state index in [2.05, 4.69) is 11.3 Å². The largest absolute Gasteiger partial charge is 0.467 e. The van der Waals surface area contributed by atoms with Crippen molar-refractivity contribution in [3.8, 4) is 0 Å². The SMILES string of the molecule is C=C(C)CC(O)C(=O)OC. The van der Waals surface area contributed by atoms with Crippen molar-refractivity contribution in [1.82, 2.24) is 0 Å². The van der Waals surface area contributed by atoms with E-state index >= 15 is 0 Å². The third-order valence-corrected chi connectivity index (χ3v) is 1.02. The van der Waals surface area contributed by atoms with E-state index in [0.29, 0.717) is 0 Å². The van der Waals surface area contributed by atoms with Crippen LogP contribution in [0.4, 0.5) is 0 Å². The van der Waals surface area contributed by atoms with E-state index < -0.39 is 12.1 Å². The maximum absolute atomic E-state index is 10.5. The lowest BCUT2D eigenvalue weighted by molar-refractivity contribution is -0.150. The topological polar surface area (TPSA) is 46.5 Å². The van der Waals surface area contributed by atoms with Crippen LogP contribution >= 0.6 is 0 Å². The summed E-state index contributed by atoms with van der Waals surface area (Å²) in [6.45, 7) is 5.29. The van der Waals surface area contributed by atoms with Gasteiger partial charge in [0.25, 0.3) is 0 Å². The van der Waals surface area contributed by atoms with Crippen molar-refractivity contribution in [3.63, 3.8) is 0 Å². The van der Waals surface area contributed by atoms with Crippen LogP contribution in [0.25, 0.3) is 0 Å². The molecule has 0 saturated heterocycles. The number of esters is 1. The van der Waals surface area contributed by atoms with E-state index in [1.165, 1.54) is 7.11 Å². The molecule has 0 aliphatic heterocycles. The van der Waals surface area contributed by atoms with Crippen LogP contribution in [0.15, 0.2) is 12.2 Å². The highest BCUT2D eigenvalue weighted by Crippen LogP contribution is 2.02. The fourth-order valence-corrected chi connectivity index (χ4v) is 0.549. The van der Waals surface area contributed by atoms with Crippen molar-refractivity contribution in [3.05, 3.63) is 12.2 Å². The number of hydrogen-bond donors (Lipinski definition) is 1. The first-order valence-corrected chi connectivity index (χ1v) is 2.98. The summed E-state index contributed by atoms with van der Waals surface area (Å²) in [4.78, 5) is 10.5. The minimum absolute atomic E-state index is 0.271. The fraction of sp³-hybridized carbons (Fsp3) is 0.571. The van der Waals surface area contributed by atoms with Gasteiger partial charge >= 0.3 is 5.97 Å². The Morgan fingerprint density at radius 3 is 2.60 bits per heavy atom. The number of ether oxygens (including phenoxy) is 1. The highest BCUT2D eigenvalue weighted by molar-refractivity contribution is 5.74. The van der Waals surface area contributed by atoms with E-state index in [0.717, 1.165) is 5.57 Å². The summed E-state index contributed by atoms with van der Waals surface area (Å²) in [7, 11) is 1.24. The van der Waals surface area contributed by atoms with Crippen molar-refractivity contribution >= 4 is 5.97 Å². The minimum atomic E-state index is -1.05. The Balaban J connectivity index is 3.72. The average Bonchev–Trinajstić information content (AvgIpc) is 1.85. The quantitative estimate of drug-likeness (QED) is 0.463. The van der Waals surface area contributed by atoms with E-state index in [4.69, 9.17) is 5.11 Å². The Bertz CT molecular complexity index is 140. The van der Waals surface area contributed by atoms with Gasteiger partial charge in [0.15, 0.2) is 6.10 Å². The van der Waals surface area contributed by atoms with Gasteiger partial charge in [-0.2, -0.15) is 0 Å². The summed E-state index contributed by atoms with van der Waals surface area (Å²) in [6, 6.07) is 0. The second kappa shape index (κ2) is 4.06. The van der Waals surface area contributed by atoms with Gasteiger partial charge in [-0.15, -0.1) is 6.58 Å². The van der Waals surface area contributed by atoms with E-state index in [9.17, 15) is 4.79 Å². The van der Waals surface area contributed by atoms with Gasteiger partial charge in [0.1, 0.15) is 0 Å². The van der Waals surface area contributed by atoms with Crippen molar-refractivity contribution in [2.24, 2.45) is 0 Å². The van der Waals surface area contributed by atoms with Crippen LogP contribution < -0.4 is 0 Å². The molecule has 3 heteroatoms. The van der Waals surface area contributed by atoms with Crippen LogP contribution in [0.1, 0.15) is 13.3 Å². The molecule has 3 nitrogen and oxygen atoms in total. The smallest absolute Gasteiger partial charge is 0.335 e. The van der Waals surface area contributed by atoms with Gasteiger partial charge in [-0.05, 0) is 6.92 Å². The van der Waals surface area contributed by atoms with Crippen molar-refractivity contribution in [2.45, 2.75) is 19.4 Å². The number of methoxy groups -OCH3 is 1. The Labute approximate surface area is 60.3 Å². The molecule has 1 unspecified atom stereocenters. The fourth-order valence-electron chi connectivity index (χ4n) is 0.549. The summed E-state index contributed by atoms with van der Waals surface area (Å²) in [5.41, 5.74) is 0.762. The van der Waals surface area contributed by atoms with Crippen LogP contribution in [0.3, 0.4) is 0 Å². The predicted octanol–water partition coefficient (Wildman–Crippen LogP) is 0.486. The molecule has 0 aromatic carbocycles. The molecule has 0 aromatic rings. The van der Waals surface area contributed by atoms with Crippen LogP contribution in [0.5, 0.6) is 0 Å². The summed E-state index contributed by atoms with van der Waals surface area (Å²) >= 11 is 0. The molecule has 0 heterocycles. The molecule has 0 aliphatic carbocycles. The molecule has 0 radical (unpaired) electrons. The number of aliphatic hydroxyl groups is 1. The summed E-state index contributed by atoms with van der Waals surface area (Å²) < 4.78 is 4.28. The molecule has 0 saturated carbocycles. The highest BCUT2D eigenvalue weighted by atomic mass is 16.5. The first-order chi connectivity index (χ1) is 4.57. The maximum Gasteiger partial charge on any atom is 0.335 e. The van der Waals surface area contributed by atoms with E-state index in [1.807, 2.05) is 0 Å². The monoisotopic (exact) mass is 144 g/mol. The zero-order valence-electron chi connectivity index (χ0n) is 6.26. The van der Waals surface area contributed by atoms with Gasteiger partial charge in [0.2, 0.25) is 0 Å². The predicted molar refractivity (Wildman–Crippen MR) is 37.5 cm³/mol. The molecule has 0 spiro atoms. The molecule has 0 aliphatic rings. The molecular weight excluding hydrogens is 132 g/mol. The van der Waals surface area contributed by atoms with Crippen molar-refractivity contribution in [2.75, 3.05) is 7.11 Å². The lowest BCUT2D eigenvalue weighted by Gasteiger charge is -2.06. The van der Waals surface area contributed by atoms with Gasteiger partial charge in [-0.1, -0.05) is 5.57 Å². The average molecular weight is 144 g/mol. The first-order valence-electron chi connectivity index (χ1n) is 2.98. The third kappa shape index (κ3) is 3.25. The van der Waals surface area contributed by atoms with Crippen LogP contribution in [0, 0.1) is 0 Å². The summed E-state index contributed by atoms with van der Waals surface area (Å²) in [5.74, 6) is -0.608. The molecule has 1 N–H and O–H groups in total. The maximum atomic E-state index is 10.5. The van der Waals surface area contributed by atoms with E-state index in [1.54, 1.807) is 6.92 Å². The number of rotatable bonds is 3. The van der Waals surface area contributed by atoms with Crippen LogP contribution in [-0.4, -0.2) is 24.3 Å². The Hall–Kier alpha value is -0.830. The second-order valence-electron chi connectivity index (χ2n) is 2.20. The normalized spacial score (nSPS) is 12.3. The van der Waals surface area contributed by atoms with Crippen molar-refractivity contribution in [1.29, 1.82) is 0 Å². The van der Waals surface area contributed by atoms with Gasteiger partial charge in [-0.25, -0.2) is 4.79 Å². The highest BCUT2D eigenvalue weighted by Gasteiger charge is 2.14. The minimum Gasteiger partial charge on any atom is -0.467 e. The molecule has 0 fully saturated rings. The lowest BCUT2D eigenvalue weighted by Crippen LogP contribution is -2.21.